The Balaban J connectivity index is 1.46. The summed E-state index contributed by atoms with van der Waals surface area (Å²) in [5.41, 5.74) is 2.05. The molecule has 0 aliphatic rings. The molecule has 212 valence electrons. The standard InChI is InChI=1S/C33H26O9/c1-3-27(34)7-5-6-23-8-13-25(14-9-23)32(37)41-28-17-19-29(20-18-28)42-33(38)26-15-10-24(11-16-26)12-21-31(36)40-22-39-30(35)4-2/h3-4,8-11,13-20H,1-2,7,12,21-22H2. The molecule has 0 atom stereocenters. The van der Waals surface area contributed by atoms with E-state index in [4.69, 9.17) is 14.2 Å². The first-order valence-electron chi connectivity index (χ1n) is 12.6. The van der Waals surface area contributed by atoms with Crippen LogP contribution in [0.25, 0.3) is 0 Å². The van der Waals surface area contributed by atoms with Crippen molar-refractivity contribution in [2.24, 2.45) is 0 Å². The van der Waals surface area contributed by atoms with Crippen LogP contribution in [-0.2, 0) is 30.3 Å². The van der Waals surface area contributed by atoms with Gasteiger partial charge in [0.15, 0.2) is 5.78 Å². The summed E-state index contributed by atoms with van der Waals surface area (Å²) in [6, 6.07) is 18.9. The second-order valence-corrected chi connectivity index (χ2v) is 8.48. The molecule has 0 fully saturated rings. The molecule has 3 rings (SSSR count). The normalized spacial score (nSPS) is 9.81. The molecule has 0 unspecified atom stereocenters. The van der Waals surface area contributed by atoms with Crippen LogP contribution in [0.4, 0.5) is 0 Å². The van der Waals surface area contributed by atoms with Crippen LogP contribution in [0.1, 0.15) is 44.7 Å². The Bertz CT molecular complexity index is 1520. The fourth-order valence-electron chi connectivity index (χ4n) is 3.24. The molecule has 0 aliphatic heterocycles. The van der Waals surface area contributed by atoms with Crippen LogP contribution in [0.5, 0.6) is 11.5 Å². The van der Waals surface area contributed by atoms with Crippen molar-refractivity contribution in [2.75, 3.05) is 6.79 Å². The van der Waals surface area contributed by atoms with E-state index < -0.39 is 30.7 Å². The van der Waals surface area contributed by atoms with Crippen molar-refractivity contribution in [1.82, 2.24) is 0 Å². The Kier molecular flexibility index (Phi) is 11.5. The first kappa shape index (κ1) is 30.8. The van der Waals surface area contributed by atoms with E-state index in [0.29, 0.717) is 23.1 Å². The average Bonchev–Trinajstić information content (AvgIpc) is 3.01. The molecule has 0 radical (unpaired) electrons. The number of ether oxygens (including phenoxy) is 4. The molecule has 3 aromatic carbocycles. The van der Waals surface area contributed by atoms with Gasteiger partial charge in [0, 0.05) is 18.1 Å². The van der Waals surface area contributed by atoms with Gasteiger partial charge in [0.2, 0.25) is 6.79 Å². The van der Waals surface area contributed by atoms with E-state index in [1.807, 2.05) is 0 Å². The first-order chi connectivity index (χ1) is 20.3. The number of hydrogen-bond donors (Lipinski definition) is 0. The minimum absolute atomic E-state index is 0.0615. The maximum absolute atomic E-state index is 12.5. The van der Waals surface area contributed by atoms with Crippen LogP contribution in [0, 0.1) is 11.8 Å². The fourth-order valence-corrected chi connectivity index (χ4v) is 3.24. The highest BCUT2D eigenvalue weighted by molar-refractivity contribution is 5.92. The number of benzene rings is 3. The summed E-state index contributed by atoms with van der Waals surface area (Å²) in [6.07, 6.45) is 2.68. The molecule has 3 aromatic rings. The molecule has 0 heterocycles. The molecule has 0 aliphatic carbocycles. The van der Waals surface area contributed by atoms with Crippen molar-refractivity contribution in [3.63, 3.8) is 0 Å². The monoisotopic (exact) mass is 566 g/mol. The summed E-state index contributed by atoms with van der Waals surface area (Å²) in [4.78, 5) is 58.9. The van der Waals surface area contributed by atoms with Crippen LogP contribution in [0.2, 0.25) is 0 Å². The van der Waals surface area contributed by atoms with E-state index in [1.54, 1.807) is 48.5 Å². The molecule has 0 saturated carbocycles. The van der Waals surface area contributed by atoms with E-state index in [1.165, 1.54) is 30.3 Å². The van der Waals surface area contributed by atoms with Gasteiger partial charge in [0.1, 0.15) is 11.5 Å². The highest BCUT2D eigenvalue weighted by atomic mass is 16.7. The van der Waals surface area contributed by atoms with Crippen molar-refractivity contribution in [3.8, 4) is 23.3 Å². The topological polar surface area (TPSA) is 122 Å². The third-order valence-electron chi connectivity index (χ3n) is 5.48. The van der Waals surface area contributed by atoms with Gasteiger partial charge in [0.05, 0.1) is 17.5 Å². The van der Waals surface area contributed by atoms with Gasteiger partial charge in [-0.3, -0.25) is 9.59 Å². The lowest BCUT2D eigenvalue weighted by atomic mass is 10.1. The zero-order valence-corrected chi connectivity index (χ0v) is 22.5. The Morgan fingerprint density at radius 2 is 1.24 bits per heavy atom. The smallest absolute Gasteiger partial charge is 0.343 e. The summed E-state index contributed by atoms with van der Waals surface area (Å²) in [7, 11) is 0. The Morgan fingerprint density at radius 1 is 0.690 bits per heavy atom. The summed E-state index contributed by atoms with van der Waals surface area (Å²) >= 11 is 0. The van der Waals surface area contributed by atoms with Crippen molar-refractivity contribution >= 4 is 29.7 Å². The summed E-state index contributed by atoms with van der Waals surface area (Å²) in [5.74, 6) is 3.52. The van der Waals surface area contributed by atoms with E-state index >= 15 is 0 Å². The largest absolute Gasteiger partial charge is 0.428 e. The summed E-state index contributed by atoms with van der Waals surface area (Å²) in [6.45, 7) is 6.15. The van der Waals surface area contributed by atoms with Gasteiger partial charge in [-0.1, -0.05) is 37.1 Å². The SMILES string of the molecule is C=CC(=O)CC#Cc1ccc(C(=O)Oc2ccc(OC(=O)c3ccc(CCC(=O)OCOC(=O)C=C)cc3)cc2)cc1. The molecular formula is C33H26O9. The van der Waals surface area contributed by atoms with Crippen LogP contribution >= 0.6 is 0 Å². The molecule has 0 N–H and O–H groups in total. The van der Waals surface area contributed by atoms with Gasteiger partial charge in [0.25, 0.3) is 0 Å². The molecule has 0 aromatic heterocycles. The molecule has 42 heavy (non-hydrogen) atoms. The molecule has 0 bridgehead atoms. The maximum atomic E-state index is 12.5. The minimum Gasteiger partial charge on any atom is -0.428 e. The number of carbonyl (C=O) groups excluding carboxylic acids is 5. The molecule has 9 heteroatoms. The van der Waals surface area contributed by atoms with Crippen LogP contribution in [-0.4, -0.2) is 36.5 Å². The Morgan fingerprint density at radius 3 is 1.76 bits per heavy atom. The lowest BCUT2D eigenvalue weighted by Gasteiger charge is -2.08. The molecule has 0 saturated heterocycles. The van der Waals surface area contributed by atoms with E-state index in [-0.39, 0.29) is 30.1 Å². The van der Waals surface area contributed by atoms with Crippen molar-refractivity contribution in [3.05, 3.63) is 120 Å². The van der Waals surface area contributed by atoms with Crippen LogP contribution in [0.15, 0.2) is 98.1 Å². The lowest BCUT2D eigenvalue weighted by molar-refractivity contribution is -0.163. The number of hydrogen-bond acceptors (Lipinski definition) is 9. The van der Waals surface area contributed by atoms with Crippen LogP contribution in [0.3, 0.4) is 0 Å². The second kappa shape index (κ2) is 15.7. The van der Waals surface area contributed by atoms with Gasteiger partial charge >= 0.3 is 23.9 Å². The number of aryl methyl sites for hydroxylation is 1. The predicted octanol–water partition coefficient (Wildman–Crippen LogP) is 4.78. The van der Waals surface area contributed by atoms with E-state index in [0.717, 1.165) is 11.6 Å². The van der Waals surface area contributed by atoms with Gasteiger partial charge in [-0.2, -0.15) is 0 Å². The highest BCUT2D eigenvalue weighted by Gasteiger charge is 2.12. The van der Waals surface area contributed by atoms with Crippen molar-refractivity contribution in [1.29, 1.82) is 0 Å². The molecule has 0 amide bonds. The van der Waals surface area contributed by atoms with Crippen LogP contribution < -0.4 is 9.47 Å². The lowest BCUT2D eigenvalue weighted by Crippen LogP contribution is -2.12. The van der Waals surface area contributed by atoms with Gasteiger partial charge < -0.3 is 18.9 Å². The minimum atomic E-state index is -0.689. The third-order valence-corrected chi connectivity index (χ3v) is 5.48. The molecular weight excluding hydrogens is 540 g/mol. The van der Waals surface area contributed by atoms with E-state index in [9.17, 15) is 24.0 Å². The molecule has 9 nitrogen and oxygen atoms in total. The third kappa shape index (κ3) is 10.1. The predicted molar refractivity (Wildman–Crippen MR) is 152 cm³/mol. The highest BCUT2D eigenvalue weighted by Crippen LogP contribution is 2.20. The summed E-state index contributed by atoms with van der Waals surface area (Å²) < 4.78 is 20.1. The zero-order valence-electron chi connectivity index (χ0n) is 22.5. The maximum Gasteiger partial charge on any atom is 0.343 e. The van der Waals surface area contributed by atoms with Crippen molar-refractivity contribution < 1.29 is 42.9 Å². The number of allylic oxidation sites excluding steroid dienone is 1. The first-order valence-corrected chi connectivity index (χ1v) is 12.6. The van der Waals surface area contributed by atoms with Crippen molar-refractivity contribution in [2.45, 2.75) is 19.3 Å². The fraction of sp³-hybridized carbons (Fsp3) is 0.121. The Hall–Kier alpha value is -5.75. The van der Waals surface area contributed by atoms with Gasteiger partial charge in [-0.05, 0) is 78.7 Å². The van der Waals surface area contributed by atoms with Gasteiger partial charge in [-0.25, -0.2) is 14.4 Å². The quantitative estimate of drug-likeness (QED) is 0.100. The number of carbonyl (C=O) groups is 5. The average molecular weight is 567 g/mol. The second-order valence-electron chi connectivity index (χ2n) is 8.48. The zero-order chi connectivity index (χ0) is 30.3. The number of ketones is 1. The van der Waals surface area contributed by atoms with Gasteiger partial charge in [-0.15, -0.1) is 0 Å². The van der Waals surface area contributed by atoms with E-state index in [2.05, 4.69) is 29.7 Å². The number of esters is 4. The molecule has 0 spiro atoms. The summed E-state index contributed by atoms with van der Waals surface area (Å²) in [5, 5.41) is 0. The Labute approximate surface area is 242 Å². The number of rotatable bonds is 12.